The van der Waals surface area contributed by atoms with Crippen LogP contribution in [-0.4, -0.2) is 19.5 Å². The van der Waals surface area contributed by atoms with Crippen LogP contribution in [0.15, 0.2) is 21.9 Å². The second-order valence-electron chi connectivity index (χ2n) is 6.42. The summed E-state index contributed by atoms with van der Waals surface area (Å²) in [5.41, 5.74) is 0.935. The molecule has 2 aromatic rings. The van der Waals surface area contributed by atoms with Gasteiger partial charge in [-0.1, -0.05) is 0 Å². The van der Waals surface area contributed by atoms with Crippen LogP contribution in [-0.2, 0) is 13.1 Å². The number of carbonyl (C=O) groups is 1. The molecule has 130 valence electrons. The summed E-state index contributed by atoms with van der Waals surface area (Å²) in [6, 6.07) is 3.62. The number of ketones is 1. The molecule has 7 heteroatoms. The van der Waals surface area contributed by atoms with E-state index in [2.05, 4.69) is 0 Å². The second-order valence-corrected chi connectivity index (χ2v) is 6.42. The Kier molecular flexibility index (Phi) is 4.21. The van der Waals surface area contributed by atoms with E-state index in [1.54, 1.807) is 6.07 Å². The molecule has 3 rings (SSSR count). The molecule has 0 amide bonds. The first kappa shape index (κ1) is 17.0. The Labute approximate surface area is 144 Å². The van der Waals surface area contributed by atoms with E-state index in [4.69, 9.17) is 5.26 Å². The van der Waals surface area contributed by atoms with Gasteiger partial charge in [0.15, 0.2) is 5.78 Å². The number of carbonyl (C=O) groups excluding carboxylic acids is 1. The van der Waals surface area contributed by atoms with Gasteiger partial charge in [-0.2, -0.15) is 5.26 Å². The minimum Gasteiger partial charge on any atom is -0.349 e. The normalized spacial score (nSPS) is 13.7. The lowest BCUT2D eigenvalue weighted by Crippen LogP contribution is -2.42. The molecule has 0 radical (unpaired) electrons. The van der Waals surface area contributed by atoms with Crippen LogP contribution in [0, 0.1) is 25.2 Å². The van der Waals surface area contributed by atoms with Crippen LogP contribution in [0.4, 0.5) is 0 Å². The molecule has 1 saturated carbocycles. The zero-order valence-electron chi connectivity index (χ0n) is 14.6. The lowest BCUT2D eigenvalue weighted by atomic mass is 10.1. The SMILES string of the molecule is CCn1c(C)cc(C(=O)Cn2c(=O)c(C#N)cn(C3CC3)c2=O)c1C. The van der Waals surface area contributed by atoms with E-state index in [1.807, 2.05) is 31.4 Å². The number of nitrogens with zero attached hydrogens (tertiary/aromatic N) is 4. The van der Waals surface area contributed by atoms with Crippen LogP contribution in [0.1, 0.15) is 53.1 Å². The lowest BCUT2D eigenvalue weighted by Gasteiger charge is -2.10. The molecular formula is C18H20N4O3. The van der Waals surface area contributed by atoms with Gasteiger partial charge in [-0.15, -0.1) is 0 Å². The average Bonchev–Trinajstić information content (AvgIpc) is 3.37. The number of rotatable bonds is 5. The van der Waals surface area contributed by atoms with Crippen LogP contribution >= 0.6 is 0 Å². The molecule has 0 N–H and O–H groups in total. The van der Waals surface area contributed by atoms with Crippen molar-refractivity contribution in [2.24, 2.45) is 0 Å². The topological polar surface area (TPSA) is 89.8 Å². The van der Waals surface area contributed by atoms with Gasteiger partial charge in [0, 0.05) is 35.7 Å². The van der Waals surface area contributed by atoms with Crippen molar-refractivity contribution in [3.63, 3.8) is 0 Å². The Morgan fingerprint density at radius 2 is 1.96 bits per heavy atom. The van der Waals surface area contributed by atoms with Crippen LogP contribution in [0.25, 0.3) is 0 Å². The van der Waals surface area contributed by atoms with Gasteiger partial charge in [0.05, 0.1) is 6.54 Å². The van der Waals surface area contributed by atoms with Crippen molar-refractivity contribution in [1.82, 2.24) is 13.7 Å². The molecule has 0 aromatic carbocycles. The van der Waals surface area contributed by atoms with Gasteiger partial charge in [-0.25, -0.2) is 4.79 Å². The molecule has 2 aromatic heterocycles. The molecule has 1 aliphatic carbocycles. The van der Waals surface area contributed by atoms with E-state index in [0.717, 1.165) is 35.3 Å². The Bertz CT molecular complexity index is 1010. The molecule has 0 spiro atoms. The number of aromatic nitrogens is 3. The summed E-state index contributed by atoms with van der Waals surface area (Å²) < 4.78 is 4.30. The number of aryl methyl sites for hydroxylation is 1. The third-order valence-electron chi connectivity index (χ3n) is 4.75. The highest BCUT2D eigenvalue weighted by molar-refractivity contribution is 5.97. The van der Waals surface area contributed by atoms with Gasteiger partial charge >= 0.3 is 5.69 Å². The van der Waals surface area contributed by atoms with Gasteiger partial charge in [0.2, 0.25) is 0 Å². The zero-order valence-corrected chi connectivity index (χ0v) is 14.6. The quantitative estimate of drug-likeness (QED) is 0.772. The fourth-order valence-corrected chi connectivity index (χ4v) is 3.25. The van der Waals surface area contributed by atoms with E-state index >= 15 is 0 Å². The van der Waals surface area contributed by atoms with Crippen LogP contribution < -0.4 is 11.2 Å². The molecule has 2 heterocycles. The van der Waals surface area contributed by atoms with Crippen molar-refractivity contribution in [3.8, 4) is 6.07 Å². The minimum absolute atomic E-state index is 0.0201. The van der Waals surface area contributed by atoms with E-state index in [9.17, 15) is 14.4 Å². The summed E-state index contributed by atoms with van der Waals surface area (Å²) in [4.78, 5) is 37.7. The maximum Gasteiger partial charge on any atom is 0.331 e. The van der Waals surface area contributed by atoms with Crippen molar-refractivity contribution in [2.45, 2.75) is 52.7 Å². The summed E-state index contributed by atoms with van der Waals surface area (Å²) in [5, 5.41) is 9.16. The Balaban J connectivity index is 2.05. The number of hydrogen-bond acceptors (Lipinski definition) is 4. The highest BCUT2D eigenvalue weighted by Crippen LogP contribution is 2.33. The number of nitriles is 1. The first-order valence-electron chi connectivity index (χ1n) is 8.35. The standard InChI is InChI=1S/C18H20N4O3/c1-4-20-11(2)7-15(12(20)3)16(23)10-22-17(24)13(8-19)9-21(18(22)25)14-5-6-14/h7,9,14H,4-6,10H2,1-3H3. The first-order valence-corrected chi connectivity index (χ1v) is 8.35. The summed E-state index contributed by atoms with van der Waals surface area (Å²) >= 11 is 0. The fourth-order valence-electron chi connectivity index (χ4n) is 3.25. The highest BCUT2D eigenvalue weighted by Gasteiger charge is 2.27. The highest BCUT2D eigenvalue weighted by atomic mass is 16.2. The molecular weight excluding hydrogens is 320 g/mol. The van der Waals surface area contributed by atoms with Crippen molar-refractivity contribution in [2.75, 3.05) is 0 Å². The predicted molar refractivity (Wildman–Crippen MR) is 91.9 cm³/mol. The minimum atomic E-state index is -0.706. The molecule has 0 aliphatic heterocycles. The summed E-state index contributed by atoms with van der Waals surface area (Å²) in [6.45, 7) is 6.14. The summed E-state index contributed by atoms with van der Waals surface area (Å²) in [5.74, 6) is -0.301. The molecule has 7 nitrogen and oxygen atoms in total. The molecule has 0 unspecified atom stereocenters. The van der Waals surface area contributed by atoms with Gasteiger partial charge in [0.1, 0.15) is 11.6 Å². The Morgan fingerprint density at radius 1 is 1.28 bits per heavy atom. The van der Waals surface area contributed by atoms with Crippen molar-refractivity contribution in [3.05, 3.63) is 55.6 Å². The Morgan fingerprint density at radius 3 is 2.48 bits per heavy atom. The monoisotopic (exact) mass is 340 g/mol. The first-order chi connectivity index (χ1) is 11.9. The fraction of sp³-hybridized carbons (Fsp3) is 0.444. The van der Waals surface area contributed by atoms with Crippen LogP contribution in [0.2, 0.25) is 0 Å². The van der Waals surface area contributed by atoms with Crippen molar-refractivity contribution >= 4 is 5.78 Å². The van der Waals surface area contributed by atoms with Gasteiger partial charge < -0.3 is 4.57 Å². The van der Waals surface area contributed by atoms with Crippen LogP contribution in [0.3, 0.4) is 0 Å². The average molecular weight is 340 g/mol. The molecule has 0 saturated heterocycles. The predicted octanol–water partition coefficient (Wildman–Crippen LogP) is 1.54. The molecule has 25 heavy (non-hydrogen) atoms. The molecule has 1 aliphatic rings. The molecule has 1 fully saturated rings. The summed E-state index contributed by atoms with van der Waals surface area (Å²) in [6.07, 6.45) is 3.00. The van der Waals surface area contributed by atoms with Gasteiger partial charge in [0.25, 0.3) is 5.56 Å². The third kappa shape index (κ3) is 2.84. The van der Waals surface area contributed by atoms with E-state index in [1.165, 1.54) is 10.8 Å². The number of Topliss-reactive ketones (excluding diaryl/α,β-unsaturated/α-hetero) is 1. The van der Waals surface area contributed by atoms with Crippen molar-refractivity contribution in [1.29, 1.82) is 5.26 Å². The van der Waals surface area contributed by atoms with E-state index in [0.29, 0.717) is 5.56 Å². The largest absolute Gasteiger partial charge is 0.349 e. The third-order valence-corrected chi connectivity index (χ3v) is 4.75. The summed E-state index contributed by atoms with van der Waals surface area (Å²) in [7, 11) is 0. The van der Waals surface area contributed by atoms with Gasteiger partial charge in [-0.05, 0) is 39.7 Å². The van der Waals surface area contributed by atoms with E-state index < -0.39 is 11.2 Å². The Hall–Kier alpha value is -2.88. The van der Waals surface area contributed by atoms with Crippen LogP contribution in [0.5, 0.6) is 0 Å². The van der Waals surface area contributed by atoms with Gasteiger partial charge in [-0.3, -0.25) is 18.7 Å². The maximum absolute atomic E-state index is 12.7. The zero-order chi connectivity index (χ0) is 18.3. The molecule has 0 atom stereocenters. The smallest absolute Gasteiger partial charge is 0.331 e. The maximum atomic E-state index is 12.7. The lowest BCUT2D eigenvalue weighted by molar-refractivity contribution is 0.0967. The van der Waals surface area contributed by atoms with E-state index in [-0.39, 0.29) is 23.9 Å². The second kappa shape index (κ2) is 6.20. The number of hydrogen-bond donors (Lipinski definition) is 0. The van der Waals surface area contributed by atoms with Crippen molar-refractivity contribution < 1.29 is 4.79 Å². The molecule has 0 bridgehead atoms.